The number of aryl methyl sites for hydroxylation is 2. The van der Waals surface area contributed by atoms with E-state index in [2.05, 4.69) is 35.9 Å². The third kappa shape index (κ3) is 1.84. The van der Waals surface area contributed by atoms with Gasteiger partial charge in [0.2, 0.25) is 0 Å². The maximum absolute atomic E-state index is 6.26. The van der Waals surface area contributed by atoms with Gasteiger partial charge < -0.3 is 10.7 Å². The summed E-state index contributed by atoms with van der Waals surface area (Å²) in [5.41, 5.74) is 11.0. The molecule has 3 rings (SSSR count). The summed E-state index contributed by atoms with van der Waals surface area (Å²) < 4.78 is 0. The summed E-state index contributed by atoms with van der Waals surface area (Å²) in [5, 5.41) is 0. The molecule has 0 aliphatic heterocycles. The van der Waals surface area contributed by atoms with Crippen LogP contribution in [0.25, 0.3) is 11.0 Å². The van der Waals surface area contributed by atoms with E-state index < -0.39 is 0 Å². The highest BCUT2D eigenvalue weighted by molar-refractivity contribution is 5.77. The number of hydrogen-bond donors (Lipinski definition) is 2. The van der Waals surface area contributed by atoms with Crippen LogP contribution in [0.2, 0.25) is 0 Å². The van der Waals surface area contributed by atoms with Crippen LogP contribution < -0.4 is 5.73 Å². The van der Waals surface area contributed by atoms with Gasteiger partial charge in [0.1, 0.15) is 5.82 Å². The summed E-state index contributed by atoms with van der Waals surface area (Å²) in [4.78, 5) is 8.04. The number of imidazole rings is 1. The number of hydrogen-bond acceptors (Lipinski definition) is 2. The van der Waals surface area contributed by atoms with Crippen LogP contribution in [0.4, 0.5) is 0 Å². The molecule has 1 heterocycles. The fourth-order valence-electron chi connectivity index (χ4n) is 2.55. The van der Waals surface area contributed by atoms with Gasteiger partial charge in [-0.1, -0.05) is 0 Å². The van der Waals surface area contributed by atoms with Gasteiger partial charge in [0.05, 0.1) is 11.0 Å². The number of nitrogens with zero attached hydrogens (tertiary/aromatic N) is 1. The number of H-pyrrole nitrogens is 1. The lowest BCUT2D eigenvalue weighted by molar-refractivity contribution is 0.244. The zero-order chi connectivity index (χ0) is 12.0. The van der Waals surface area contributed by atoms with Crippen molar-refractivity contribution in [1.29, 1.82) is 0 Å². The molecule has 1 aromatic heterocycles. The fraction of sp³-hybridized carbons (Fsp3) is 0.500. The molecule has 3 heteroatoms. The van der Waals surface area contributed by atoms with Crippen molar-refractivity contribution >= 4 is 11.0 Å². The lowest BCUT2D eigenvalue weighted by atomic mass is 9.75. The fourth-order valence-corrected chi connectivity index (χ4v) is 2.55. The maximum atomic E-state index is 6.26. The van der Waals surface area contributed by atoms with Gasteiger partial charge in [-0.05, 0) is 56.4 Å². The average molecular weight is 229 g/mol. The normalized spacial score (nSPS) is 18.3. The van der Waals surface area contributed by atoms with Gasteiger partial charge >= 0.3 is 0 Å². The zero-order valence-corrected chi connectivity index (χ0v) is 10.5. The predicted octanol–water partition coefficient (Wildman–Crippen LogP) is 2.60. The molecule has 0 atom stereocenters. The van der Waals surface area contributed by atoms with Crippen LogP contribution in [0.1, 0.15) is 36.2 Å². The van der Waals surface area contributed by atoms with Crippen LogP contribution >= 0.6 is 0 Å². The van der Waals surface area contributed by atoms with Crippen LogP contribution in [0, 0.1) is 13.8 Å². The van der Waals surface area contributed by atoms with Crippen molar-refractivity contribution in [2.45, 2.75) is 45.1 Å². The standard InChI is InChI=1S/C14H19N3/c1-9-6-11-12(7-10(9)2)17-13(16-11)8-14(15)4-3-5-14/h6-7H,3-5,8,15H2,1-2H3,(H,16,17). The van der Waals surface area contributed by atoms with E-state index in [0.717, 1.165) is 36.1 Å². The van der Waals surface area contributed by atoms with Crippen LogP contribution in [-0.4, -0.2) is 15.5 Å². The van der Waals surface area contributed by atoms with E-state index in [1.807, 2.05) is 0 Å². The molecule has 0 unspecified atom stereocenters. The molecule has 0 spiro atoms. The third-order valence-electron chi connectivity index (χ3n) is 4.02. The second kappa shape index (κ2) is 3.57. The Bertz CT molecular complexity index is 525. The van der Waals surface area contributed by atoms with Gasteiger partial charge in [0.15, 0.2) is 0 Å². The molecule has 90 valence electrons. The quantitative estimate of drug-likeness (QED) is 0.831. The molecule has 2 aromatic rings. The largest absolute Gasteiger partial charge is 0.342 e. The number of aromatic amines is 1. The summed E-state index contributed by atoms with van der Waals surface area (Å²) in [6.45, 7) is 4.26. The molecular formula is C14H19N3. The minimum atomic E-state index is -0.00202. The Hall–Kier alpha value is -1.35. The molecular weight excluding hydrogens is 210 g/mol. The highest BCUT2D eigenvalue weighted by Crippen LogP contribution is 2.32. The highest BCUT2D eigenvalue weighted by Gasteiger charge is 2.33. The predicted molar refractivity (Wildman–Crippen MR) is 70.0 cm³/mol. The van der Waals surface area contributed by atoms with Gasteiger partial charge in [0.25, 0.3) is 0 Å². The van der Waals surface area contributed by atoms with Crippen molar-refractivity contribution in [3.63, 3.8) is 0 Å². The minimum absolute atomic E-state index is 0.00202. The Balaban J connectivity index is 1.96. The molecule has 0 radical (unpaired) electrons. The second-order valence-electron chi connectivity index (χ2n) is 5.53. The first kappa shape index (κ1) is 10.8. The van der Waals surface area contributed by atoms with Gasteiger partial charge in [-0.2, -0.15) is 0 Å². The molecule has 0 saturated heterocycles. The van der Waals surface area contributed by atoms with Crippen LogP contribution in [-0.2, 0) is 6.42 Å². The number of nitrogens with two attached hydrogens (primary N) is 1. The lowest BCUT2D eigenvalue weighted by Crippen LogP contribution is -2.48. The Morgan fingerprint density at radius 3 is 2.65 bits per heavy atom. The molecule has 0 bridgehead atoms. The molecule has 3 nitrogen and oxygen atoms in total. The van der Waals surface area contributed by atoms with Gasteiger partial charge in [-0.3, -0.25) is 0 Å². The topological polar surface area (TPSA) is 54.7 Å². The highest BCUT2D eigenvalue weighted by atomic mass is 14.9. The monoisotopic (exact) mass is 229 g/mol. The number of rotatable bonds is 2. The molecule has 1 aliphatic carbocycles. The Labute approximate surface area is 101 Å². The number of nitrogens with one attached hydrogen (secondary N) is 1. The lowest BCUT2D eigenvalue weighted by Gasteiger charge is -2.37. The summed E-state index contributed by atoms with van der Waals surface area (Å²) in [6, 6.07) is 4.32. The van der Waals surface area contributed by atoms with Gasteiger partial charge in [0, 0.05) is 12.0 Å². The van der Waals surface area contributed by atoms with E-state index in [4.69, 9.17) is 5.73 Å². The first-order valence-electron chi connectivity index (χ1n) is 6.30. The maximum Gasteiger partial charge on any atom is 0.109 e. The molecule has 1 fully saturated rings. The van der Waals surface area contributed by atoms with E-state index in [-0.39, 0.29) is 5.54 Å². The molecule has 1 aromatic carbocycles. The summed E-state index contributed by atoms with van der Waals surface area (Å²) in [6.07, 6.45) is 4.39. The average Bonchev–Trinajstić information content (AvgIpc) is 2.58. The van der Waals surface area contributed by atoms with Crippen molar-refractivity contribution < 1.29 is 0 Å². The summed E-state index contributed by atoms with van der Waals surface area (Å²) in [5.74, 6) is 1.03. The van der Waals surface area contributed by atoms with Crippen molar-refractivity contribution in [3.05, 3.63) is 29.1 Å². The van der Waals surface area contributed by atoms with Crippen LogP contribution in [0.15, 0.2) is 12.1 Å². The smallest absolute Gasteiger partial charge is 0.109 e. The first-order valence-corrected chi connectivity index (χ1v) is 6.30. The molecule has 0 amide bonds. The number of benzene rings is 1. The molecule has 3 N–H and O–H groups in total. The van der Waals surface area contributed by atoms with Crippen molar-refractivity contribution in [3.8, 4) is 0 Å². The zero-order valence-electron chi connectivity index (χ0n) is 10.5. The molecule has 1 aliphatic rings. The van der Waals surface area contributed by atoms with E-state index in [0.29, 0.717) is 0 Å². The van der Waals surface area contributed by atoms with E-state index in [1.54, 1.807) is 0 Å². The summed E-state index contributed by atoms with van der Waals surface area (Å²) >= 11 is 0. The van der Waals surface area contributed by atoms with Crippen LogP contribution in [0.3, 0.4) is 0 Å². The molecule has 1 saturated carbocycles. The van der Waals surface area contributed by atoms with Crippen molar-refractivity contribution in [2.24, 2.45) is 5.73 Å². The molecule has 17 heavy (non-hydrogen) atoms. The Kier molecular flexibility index (Phi) is 2.26. The van der Waals surface area contributed by atoms with Gasteiger partial charge in [-0.15, -0.1) is 0 Å². The van der Waals surface area contributed by atoms with Crippen molar-refractivity contribution in [1.82, 2.24) is 9.97 Å². The Morgan fingerprint density at radius 1 is 1.29 bits per heavy atom. The SMILES string of the molecule is Cc1cc2nc(CC3(N)CCC3)[nH]c2cc1C. The van der Waals surface area contributed by atoms with Gasteiger partial charge in [-0.25, -0.2) is 4.98 Å². The first-order chi connectivity index (χ1) is 8.06. The second-order valence-corrected chi connectivity index (χ2v) is 5.53. The van der Waals surface area contributed by atoms with E-state index >= 15 is 0 Å². The number of fused-ring (bicyclic) bond motifs is 1. The van der Waals surface area contributed by atoms with Crippen LogP contribution in [0.5, 0.6) is 0 Å². The van der Waals surface area contributed by atoms with E-state index in [1.165, 1.54) is 17.5 Å². The Morgan fingerprint density at radius 2 is 2.00 bits per heavy atom. The number of aromatic nitrogens is 2. The van der Waals surface area contributed by atoms with Crippen molar-refractivity contribution in [2.75, 3.05) is 0 Å². The third-order valence-corrected chi connectivity index (χ3v) is 4.02. The van der Waals surface area contributed by atoms with E-state index in [9.17, 15) is 0 Å². The minimum Gasteiger partial charge on any atom is -0.342 e. The summed E-state index contributed by atoms with van der Waals surface area (Å²) in [7, 11) is 0.